The van der Waals surface area contributed by atoms with Crippen LogP contribution in [0.4, 0.5) is 17.6 Å². The van der Waals surface area contributed by atoms with Crippen LogP contribution in [0.25, 0.3) is 0 Å². The molecule has 1 aliphatic carbocycles. The smallest absolute Gasteiger partial charge is 0.224 e. The molecule has 3 aromatic heterocycles. The van der Waals surface area contributed by atoms with Gasteiger partial charge in [-0.3, -0.25) is 9.89 Å². The van der Waals surface area contributed by atoms with Crippen molar-refractivity contribution in [2.75, 3.05) is 17.2 Å². The van der Waals surface area contributed by atoms with Crippen LogP contribution in [0.2, 0.25) is 0 Å². The van der Waals surface area contributed by atoms with Gasteiger partial charge in [0.2, 0.25) is 11.9 Å². The van der Waals surface area contributed by atoms with Crippen LogP contribution in [0, 0.1) is 5.92 Å². The minimum absolute atomic E-state index is 0.0340. The zero-order chi connectivity index (χ0) is 24.7. The monoisotopic (exact) mass is 488 g/mol. The van der Waals surface area contributed by atoms with E-state index in [9.17, 15) is 4.79 Å². The predicted molar refractivity (Wildman–Crippen MR) is 133 cm³/mol. The Morgan fingerprint density at radius 1 is 1.17 bits per heavy atom. The average Bonchev–Trinajstić information content (AvgIpc) is 3.43. The molecule has 36 heavy (non-hydrogen) atoms. The molecular weight excluding hydrogens is 460 g/mol. The molecule has 186 valence electrons. The summed E-state index contributed by atoms with van der Waals surface area (Å²) in [5, 5.41) is 17.5. The Hall–Kier alpha value is -4.41. The summed E-state index contributed by atoms with van der Waals surface area (Å²) < 4.78 is 11.1. The number of primary amides is 1. The highest BCUT2D eigenvalue weighted by atomic mass is 16.5. The third-order valence-electron chi connectivity index (χ3n) is 5.69. The number of nitrogens with zero attached hydrogens (tertiary/aromatic N) is 4. The molecule has 5 N–H and O–H groups in total. The number of H-pyrrole nitrogens is 1. The molecule has 1 fully saturated rings. The van der Waals surface area contributed by atoms with Crippen molar-refractivity contribution in [1.29, 1.82) is 0 Å². The standard InChI is InChI=1S/C25H28N8O3/c26-22(34)12-19-11-21(36-33-19)14-28-25-27-9-8-23(30-25)29-24-13-18(31-32-24)7-6-16-2-1-3-20(10-16)35-15-17-4-5-17/h1-3,8-11,13,17H,4-7,12,14-15H2,(H2,26,34)(H3,27,28,29,30,31,32). The van der Waals surface area contributed by atoms with Crippen molar-refractivity contribution in [3.05, 3.63) is 71.4 Å². The molecular formula is C25H28N8O3. The number of nitrogens with one attached hydrogen (secondary N) is 3. The number of aryl methyl sites for hydroxylation is 2. The molecule has 1 aliphatic rings. The molecule has 11 heteroatoms. The number of rotatable bonds is 13. The molecule has 0 aliphatic heterocycles. The topological polar surface area (TPSA) is 157 Å². The fraction of sp³-hybridized carbons (Fsp3) is 0.320. The molecule has 11 nitrogen and oxygen atoms in total. The van der Waals surface area contributed by atoms with E-state index in [0.29, 0.717) is 35.6 Å². The molecule has 0 bridgehead atoms. The summed E-state index contributed by atoms with van der Waals surface area (Å²) in [6.45, 7) is 1.13. The van der Waals surface area contributed by atoms with Crippen molar-refractivity contribution in [2.24, 2.45) is 11.7 Å². The lowest BCUT2D eigenvalue weighted by Crippen LogP contribution is -2.13. The Labute approximate surface area is 207 Å². The van der Waals surface area contributed by atoms with Gasteiger partial charge in [-0.1, -0.05) is 17.3 Å². The molecule has 3 heterocycles. The van der Waals surface area contributed by atoms with Gasteiger partial charge in [-0.25, -0.2) is 4.98 Å². The van der Waals surface area contributed by atoms with Crippen LogP contribution in [-0.4, -0.2) is 37.8 Å². The first-order valence-electron chi connectivity index (χ1n) is 11.9. The number of aromatic amines is 1. The van der Waals surface area contributed by atoms with Crippen LogP contribution in [0.3, 0.4) is 0 Å². The summed E-state index contributed by atoms with van der Waals surface area (Å²) in [4.78, 5) is 19.7. The molecule has 0 atom stereocenters. The molecule has 0 radical (unpaired) electrons. The fourth-order valence-corrected chi connectivity index (χ4v) is 3.63. The number of hydrogen-bond donors (Lipinski definition) is 4. The van der Waals surface area contributed by atoms with Gasteiger partial charge in [0.25, 0.3) is 0 Å². The fourth-order valence-electron chi connectivity index (χ4n) is 3.63. The quantitative estimate of drug-likeness (QED) is 0.222. The van der Waals surface area contributed by atoms with E-state index in [1.54, 1.807) is 18.3 Å². The largest absolute Gasteiger partial charge is 0.493 e. The van der Waals surface area contributed by atoms with E-state index in [2.05, 4.69) is 48.1 Å². The van der Waals surface area contributed by atoms with Gasteiger partial charge in [-0.05, 0) is 55.4 Å². The maximum absolute atomic E-state index is 11.0. The van der Waals surface area contributed by atoms with Crippen LogP contribution < -0.4 is 21.1 Å². The number of benzene rings is 1. The number of carbonyl (C=O) groups is 1. The second kappa shape index (κ2) is 10.9. The Bertz CT molecular complexity index is 1310. The van der Waals surface area contributed by atoms with Gasteiger partial charge in [-0.15, -0.1) is 0 Å². The minimum Gasteiger partial charge on any atom is -0.493 e. The van der Waals surface area contributed by atoms with Crippen molar-refractivity contribution in [3.63, 3.8) is 0 Å². The molecule has 5 rings (SSSR count). The second-order valence-electron chi connectivity index (χ2n) is 8.85. The maximum atomic E-state index is 11.0. The van der Waals surface area contributed by atoms with Crippen LogP contribution in [-0.2, 0) is 30.6 Å². The number of ether oxygens (including phenoxy) is 1. The zero-order valence-corrected chi connectivity index (χ0v) is 19.7. The van der Waals surface area contributed by atoms with Gasteiger partial charge < -0.3 is 25.6 Å². The van der Waals surface area contributed by atoms with Crippen molar-refractivity contribution >= 4 is 23.5 Å². The van der Waals surface area contributed by atoms with Gasteiger partial charge in [0.05, 0.1) is 25.3 Å². The summed E-state index contributed by atoms with van der Waals surface area (Å²) in [6.07, 6.45) is 5.95. The van der Waals surface area contributed by atoms with E-state index in [1.165, 1.54) is 18.4 Å². The summed E-state index contributed by atoms with van der Waals surface area (Å²) in [5.74, 6) is 3.43. The van der Waals surface area contributed by atoms with E-state index in [0.717, 1.165) is 36.8 Å². The van der Waals surface area contributed by atoms with E-state index < -0.39 is 5.91 Å². The van der Waals surface area contributed by atoms with E-state index in [-0.39, 0.29) is 6.42 Å². The summed E-state index contributed by atoms with van der Waals surface area (Å²) in [7, 11) is 0. The number of anilines is 3. The zero-order valence-electron chi connectivity index (χ0n) is 19.7. The number of carbonyl (C=O) groups excluding carboxylic acids is 1. The van der Waals surface area contributed by atoms with Crippen molar-refractivity contribution in [2.45, 2.75) is 38.6 Å². The molecule has 1 saturated carbocycles. The molecule has 4 aromatic rings. The lowest BCUT2D eigenvalue weighted by molar-refractivity contribution is -0.117. The molecule has 0 spiro atoms. The Morgan fingerprint density at radius 2 is 2.08 bits per heavy atom. The van der Waals surface area contributed by atoms with Crippen LogP contribution in [0.1, 0.15) is 35.6 Å². The number of hydrogen-bond acceptors (Lipinski definition) is 9. The third kappa shape index (κ3) is 6.81. The Kier molecular flexibility index (Phi) is 7.06. The van der Waals surface area contributed by atoms with Crippen molar-refractivity contribution in [1.82, 2.24) is 25.3 Å². The number of nitrogens with two attached hydrogens (primary N) is 1. The molecule has 0 unspecified atom stereocenters. The third-order valence-corrected chi connectivity index (χ3v) is 5.69. The second-order valence-corrected chi connectivity index (χ2v) is 8.85. The SMILES string of the molecule is NC(=O)Cc1cc(CNc2nccc(Nc3cc(CCc4cccc(OCC5CC5)c4)[nH]n3)n2)on1. The van der Waals surface area contributed by atoms with Gasteiger partial charge >= 0.3 is 0 Å². The maximum Gasteiger partial charge on any atom is 0.224 e. The highest BCUT2D eigenvalue weighted by Crippen LogP contribution is 2.29. The lowest BCUT2D eigenvalue weighted by Gasteiger charge is -2.07. The van der Waals surface area contributed by atoms with Crippen LogP contribution >= 0.6 is 0 Å². The van der Waals surface area contributed by atoms with E-state index >= 15 is 0 Å². The van der Waals surface area contributed by atoms with Crippen LogP contribution in [0.5, 0.6) is 5.75 Å². The van der Waals surface area contributed by atoms with Crippen molar-refractivity contribution in [3.8, 4) is 5.75 Å². The van der Waals surface area contributed by atoms with Crippen LogP contribution in [0.15, 0.2) is 53.2 Å². The highest BCUT2D eigenvalue weighted by Gasteiger charge is 2.21. The first kappa shape index (κ1) is 23.3. The molecule has 1 aromatic carbocycles. The predicted octanol–water partition coefficient (Wildman–Crippen LogP) is 3.15. The van der Waals surface area contributed by atoms with Gasteiger partial charge in [-0.2, -0.15) is 10.1 Å². The average molecular weight is 489 g/mol. The molecule has 1 amide bonds. The summed E-state index contributed by atoms with van der Waals surface area (Å²) in [6, 6.07) is 13.7. The lowest BCUT2D eigenvalue weighted by atomic mass is 10.1. The summed E-state index contributed by atoms with van der Waals surface area (Å²) in [5.41, 5.74) is 7.91. The Morgan fingerprint density at radius 3 is 2.94 bits per heavy atom. The van der Waals surface area contributed by atoms with E-state index in [4.69, 9.17) is 15.0 Å². The summed E-state index contributed by atoms with van der Waals surface area (Å²) >= 11 is 0. The highest BCUT2D eigenvalue weighted by molar-refractivity contribution is 5.76. The van der Waals surface area contributed by atoms with Gasteiger partial charge in [0, 0.05) is 24.0 Å². The van der Waals surface area contributed by atoms with Gasteiger partial charge in [0.15, 0.2) is 11.6 Å². The van der Waals surface area contributed by atoms with Crippen molar-refractivity contribution < 1.29 is 14.1 Å². The molecule has 0 saturated heterocycles. The number of amides is 1. The number of aromatic nitrogens is 5. The first-order valence-corrected chi connectivity index (χ1v) is 11.9. The Balaban J connectivity index is 1.11. The van der Waals surface area contributed by atoms with E-state index in [1.807, 2.05) is 18.2 Å². The first-order chi connectivity index (χ1) is 17.6. The minimum atomic E-state index is -0.464. The van der Waals surface area contributed by atoms with Gasteiger partial charge in [0.1, 0.15) is 11.6 Å². The normalized spacial score (nSPS) is 12.9.